The number of carbonyl (C=O) groups is 2. The first-order chi connectivity index (χ1) is 23.4. The number of carbonyl (C=O) groups excluding carboxylic acids is 2. The number of ether oxygens (including phenoxy) is 5. The summed E-state index contributed by atoms with van der Waals surface area (Å²) in [5.41, 5.74) is 4.23. The first-order valence-corrected chi connectivity index (χ1v) is 17.5. The normalized spacial score (nSPS) is 20.7. The minimum absolute atomic E-state index is 0.193. The molecular formula is C38H44Cl2N2O7. The number of halogens is 2. The molecule has 0 aromatic heterocycles. The van der Waals surface area contributed by atoms with Crippen molar-refractivity contribution in [3.8, 4) is 11.5 Å². The smallest absolute Gasteiger partial charge is 0.411 e. The molecule has 3 aromatic carbocycles. The third kappa shape index (κ3) is 8.28. The highest BCUT2D eigenvalue weighted by molar-refractivity contribution is 6.42. The number of benzene rings is 3. The van der Waals surface area contributed by atoms with E-state index >= 15 is 0 Å². The molecular weight excluding hydrogens is 667 g/mol. The van der Waals surface area contributed by atoms with Crippen LogP contribution in [-0.4, -0.2) is 67.4 Å². The summed E-state index contributed by atoms with van der Waals surface area (Å²) in [7, 11) is 3.41. The molecule has 0 unspecified atom stereocenters. The minimum Gasteiger partial charge on any atom is -0.485 e. The van der Waals surface area contributed by atoms with Crippen LogP contribution in [0.25, 0.3) is 0 Å². The minimum atomic E-state index is -0.772. The van der Waals surface area contributed by atoms with Gasteiger partial charge in [-0.1, -0.05) is 47.5 Å². The summed E-state index contributed by atoms with van der Waals surface area (Å²) in [5, 5.41) is 1.02. The zero-order chi connectivity index (χ0) is 34.9. The summed E-state index contributed by atoms with van der Waals surface area (Å²) in [6, 6.07) is 17.1. The van der Waals surface area contributed by atoms with Crippen molar-refractivity contribution in [3.63, 3.8) is 0 Å². The zero-order valence-corrected chi connectivity index (χ0v) is 30.2. The Bertz CT molecular complexity index is 1670. The van der Waals surface area contributed by atoms with Gasteiger partial charge in [0.15, 0.2) is 0 Å². The molecule has 0 bridgehead atoms. The van der Waals surface area contributed by atoms with E-state index in [1.165, 1.54) is 12.0 Å². The molecule has 3 heterocycles. The highest BCUT2D eigenvalue weighted by Crippen LogP contribution is 2.39. The van der Waals surface area contributed by atoms with Gasteiger partial charge < -0.3 is 23.7 Å². The molecule has 3 aliphatic rings. The van der Waals surface area contributed by atoms with Gasteiger partial charge in [0, 0.05) is 44.2 Å². The largest absolute Gasteiger partial charge is 0.485 e. The van der Waals surface area contributed by atoms with Gasteiger partial charge in [0.25, 0.3) is 0 Å². The number of hydrogen-bond donors (Lipinski definition) is 0. The van der Waals surface area contributed by atoms with E-state index in [2.05, 4.69) is 30.1 Å². The predicted molar refractivity (Wildman–Crippen MR) is 187 cm³/mol. The molecule has 11 heteroatoms. The first kappa shape index (κ1) is 35.3. The number of rotatable bonds is 6. The van der Waals surface area contributed by atoms with Crippen molar-refractivity contribution in [2.75, 3.05) is 33.9 Å². The van der Waals surface area contributed by atoms with Crippen LogP contribution in [0.5, 0.6) is 11.5 Å². The lowest BCUT2D eigenvalue weighted by molar-refractivity contribution is -0.147. The Morgan fingerprint density at radius 3 is 2.33 bits per heavy atom. The molecule has 49 heavy (non-hydrogen) atoms. The number of methoxy groups -OCH3 is 1. The quantitative estimate of drug-likeness (QED) is 0.239. The summed E-state index contributed by atoms with van der Waals surface area (Å²) >= 11 is 12.6. The standard InChI is InChI=1S/C38H44Cl2N2O7/c1-38(2,3)49-37(44)42-21-27-19-33-28(16-26(27)18-32(42)36(43)45-5)20-41(4)22-34(48-33)23-6-9-29(10-7-23)47-35(24-12-14-46-15-13-24)25-8-11-30(39)31(40)17-25/h6-11,16-17,19,24,32,34-35H,12-15,18,20-22H2,1-5H3/t32-,34+,35+/m0/s1. The molecule has 0 aliphatic carbocycles. The van der Waals surface area contributed by atoms with Crippen LogP contribution in [0.2, 0.25) is 10.0 Å². The molecule has 9 nitrogen and oxygen atoms in total. The van der Waals surface area contributed by atoms with Crippen molar-refractivity contribution in [2.24, 2.45) is 5.92 Å². The third-order valence-corrected chi connectivity index (χ3v) is 10.0. The van der Waals surface area contributed by atoms with Crippen LogP contribution in [-0.2, 0) is 38.5 Å². The Labute approximate surface area is 298 Å². The van der Waals surface area contributed by atoms with Gasteiger partial charge in [-0.25, -0.2) is 9.59 Å². The molecule has 1 fully saturated rings. The molecule has 3 atom stereocenters. The van der Waals surface area contributed by atoms with E-state index in [9.17, 15) is 9.59 Å². The van der Waals surface area contributed by atoms with E-state index in [1.807, 2.05) is 36.4 Å². The van der Waals surface area contributed by atoms with E-state index in [0.717, 1.165) is 52.2 Å². The molecule has 262 valence electrons. The van der Waals surface area contributed by atoms with Crippen molar-refractivity contribution in [2.45, 2.75) is 77.0 Å². The molecule has 0 N–H and O–H groups in total. The number of hydrogen-bond acceptors (Lipinski definition) is 8. The maximum atomic E-state index is 13.2. The van der Waals surface area contributed by atoms with Crippen LogP contribution >= 0.6 is 23.2 Å². The van der Waals surface area contributed by atoms with Crippen LogP contribution in [0.1, 0.15) is 73.6 Å². The lowest BCUT2D eigenvalue weighted by Gasteiger charge is -2.36. The summed E-state index contributed by atoms with van der Waals surface area (Å²) < 4.78 is 29.7. The monoisotopic (exact) mass is 710 g/mol. The Kier molecular flexibility index (Phi) is 10.7. The van der Waals surface area contributed by atoms with E-state index in [-0.39, 0.29) is 24.7 Å². The second-order valence-corrected chi connectivity index (χ2v) is 14.9. The van der Waals surface area contributed by atoms with Crippen molar-refractivity contribution in [1.82, 2.24) is 9.80 Å². The highest BCUT2D eigenvalue weighted by Gasteiger charge is 2.39. The predicted octanol–water partition coefficient (Wildman–Crippen LogP) is 7.94. The second kappa shape index (κ2) is 14.8. The average molecular weight is 712 g/mol. The highest BCUT2D eigenvalue weighted by atomic mass is 35.5. The van der Waals surface area contributed by atoms with E-state index in [4.69, 9.17) is 46.9 Å². The topological polar surface area (TPSA) is 86.8 Å². The fourth-order valence-electron chi connectivity index (χ4n) is 6.81. The van der Waals surface area contributed by atoms with Crippen molar-refractivity contribution in [3.05, 3.63) is 92.5 Å². The maximum absolute atomic E-state index is 13.2. The van der Waals surface area contributed by atoms with Crippen LogP contribution in [0.4, 0.5) is 4.79 Å². The lowest BCUT2D eigenvalue weighted by atomic mass is 9.89. The SMILES string of the molecule is COC(=O)[C@@H]1Cc2cc3c(cc2CN1C(=O)OC(C)(C)C)O[C@@H](c1ccc(O[C@@H](c2ccc(Cl)c(Cl)c2)C2CCOCC2)cc1)CN(C)C3. The molecule has 3 aliphatic heterocycles. The number of likely N-dealkylation sites (N-methyl/N-ethyl adjacent to an activating group) is 1. The molecule has 3 aromatic rings. The van der Waals surface area contributed by atoms with E-state index in [0.29, 0.717) is 42.8 Å². The molecule has 1 saturated heterocycles. The number of fused-ring (bicyclic) bond motifs is 2. The van der Waals surface area contributed by atoms with Crippen LogP contribution in [0.3, 0.4) is 0 Å². The molecule has 0 spiro atoms. The van der Waals surface area contributed by atoms with Crippen molar-refractivity contribution < 1.29 is 33.3 Å². The van der Waals surface area contributed by atoms with E-state index in [1.54, 1.807) is 20.8 Å². The average Bonchev–Trinajstić information content (AvgIpc) is 3.23. The third-order valence-electron chi connectivity index (χ3n) is 9.28. The maximum Gasteiger partial charge on any atom is 0.411 e. The van der Waals surface area contributed by atoms with Gasteiger partial charge in [0.1, 0.15) is 35.3 Å². The molecule has 0 radical (unpaired) electrons. The van der Waals surface area contributed by atoms with Gasteiger partial charge in [-0.05, 0) is 93.2 Å². The molecule has 0 saturated carbocycles. The van der Waals surface area contributed by atoms with Gasteiger partial charge in [-0.15, -0.1) is 0 Å². The number of nitrogens with zero attached hydrogens (tertiary/aromatic N) is 2. The molecule has 1 amide bonds. The van der Waals surface area contributed by atoms with Gasteiger partial charge in [-0.3, -0.25) is 9.80 Å². The number of esters is 1. The van der Waals surface area contributed by atoms with Crippen LogP contribution < -0.4 is 9.47 Å². The van der Waals surface area contributed by atoms with Crippen LogP contribution in [0, 0.1) is 5.92 Å². The summed E-state index contributed by atoms with van der Waals surface area (Å²) in [5.74, 6) is 1.32. The van der Waals surface area contributed by atoms with E-state index < -0.39 is 23.7 Å². The van der Waals surface area contributed by atoms with Gasteiger partial charge in [0.2, 0.25) is 0 Å². The number of amides is 1. The lowest BCUT2D eigenvalue weighted by Crippen LogP contribution is -2.50. The van der Waals surface area contributed by atoms with Crippen molar-refractivity contribution >= 4 is 35.3 Å². The Morgan fingerprint density at radius 2 is 1.65 bits per heavy atom. The Morgan fingerprint density at radius 1 is 0.918 bits per heavy atom. The van der Waals surface area contributed by atoms with Gasteiger partial charge in [0.05, 0.1) is 23.7 Å². The fraction of sp³-hybridized carbons (Fsp3) is 0.474. The zero-order valence-electron chi connectivity index (χ0n) is 28.7. The Balaban J connectivity index is 1.23. The first-order valence-electron chi connectivity index (χ1n) is 16.7. The molecule has 6 rings (SSSR count). The van der Waals surface area contributed by atoms with Crippen molar-refractivity contribution in [1.29, 1.82) is 0 Å². The Hall–Kier alpha value is -3.50. The fourth-order valence-corrected chi connectivity index (χ4v) is 7.12. The summed E-state index contributed by atoms with van der Waals surface area (Å²) in [6.07, 6.45) is 1.14. The van der Waals surface area contributed by atoms with Crippen LogP contribution in [0.15, 0.2) is 54.6 Å². The second-order valence-electron chi connectivity index (χ2n) is 14.1. The summed E-state index contributed by atoms with van der Waals surface area (Å²) in [4.78, 5) is 29.7. The summed E-state index contributed by atoms with van der Waals surface area (Å²) in [6.45, 7) is 8.37. The van der Waals surface area contributed by atoms with Gasteiger partial charge in [-0.2, -0.15) is 0 Å². The van der Waals surface area contributed by atoms with Gasteiger partial charge >= 0.3 is 12.1 Å².